The van der Waals surface area contributed by atoms with Crippen molar-refractivity contribution in [3.8, 4) is 5.75 Å². The third-order valence-electron chi connectivity index (χ3n) is 2.36. The van der Waals surface area contributed by atoms with E-state index in [0.717, 1.165) is 0 Å². The second-order valence-electron chi connectivity index (χ2n) is 3.70. The van der Waals surface area contributed by atoms with Gasteiger partial charge < -0.3 is 10.5 Å². The van der Waals surface area contributed by atoms with E-state index >= 15 is 0 Å². The zero-order valence-electron chi connectivity index (χ0n) is 9.29. The zero-order valence-corrected chi connectivity index (χ0v) is 10.0. The number of nitrogens with two attached hydrogens (primary N) is 1. The molecule has 0 unspecified atom stereocenters. The Morgan fingerprint density at radius 3 is 2.56 bits per heavy atom. The summed E-state index contributed by atoms with van der Waals surface area (Å²) in [6, 6.07) is 8.45. The Hall–Kier alpha value is -1.81. The van der Waals surface area contributed by atoms with Crippen LogP contribution in [0.1, 0.15) is 5.56 Å². The van der Waals surface area contributed by atoms with Gasteiger partial charge in [-0.1, -0.05) is 23.7 Å². The molecule has 0 fully saturated rings. The number of ether oxygens (including phenoxy) is 1. The third kappa shape index (κ3) is 2.71. The monoisotopic (exact) mass is 269 g/mol. The predicted molar refractivity (Wildman–Crippen MR) is 66.6 cm³/mol. The molecule has 0 aromatic heterocycles. The smallest absolute Gasteiger partial charge is 0.178 e. The Balaban J connectivity index is 2.14. The molecular weight excluding hydrogens is 260 g/mol. The number of para-hydroxylation sites is 1. The van der Waals surface area contributed by atoms with E-state index in [9.17, 15) is 8.78 Å². The van der Waals surface area contributed by atoms with Crippen LogP contribution < -0.4 is 10.5 Å². The lowest BCUT2D eigenvalue weighted by atomic mass is 10.2. The first-order chi connectivity index (χ1) is 8.58. The average Bonchev–Trinajstić information content (AvgIpc) is 2.33. The molecule has 2 nitrogen and oxygen atoms in total. The van der Waals surface area contributed by atoms with Crippen LogP contribution in [0.2, 0.25) is 5.02 Å². The summed E-state index contributed by atoms with van der Waals surface area (Å²) in [5, 5.41) is -0.00222. The molecule has 0 saturated carbocycles. The molecule has 2 rings (SSSR count). The van der Waals surface area contributed by atoms with Gasteiger partial charge in [0.2, 0.25) is 0 Å². The average molecular weight is 270 g/mol. The third-order valence-corrected chi connectivity index (χ3v) is 2.65. The largest absolute Gasteiger partial charge is 0.484 e. The van der Waals surface area contributed by atoms with Gasteiger partial charge in [-0.25, -0.2) is 8.78 Å². The van der Waals surface area contributed by atoms with Gasteiger partial charge in [0.05, 0.1) is 10.7 Å². The summed E-state index contributed by atoms with van der Waals surface area (Å²) < 4.78 is 31.6. The number of halogens is 3. The molecule has 0 saturated heterocycles. The lowest BCUT2D eigenvalue weighted by Gasteiger charge is -2.10. The SMILES string of the molecule is Nc1cccc(F)c1OCc1ccc(F)c(Cl)c1. The van der Waals surface area contributed by atoms with Crippen molar-refractivity contribution in [2.45, 2.75) is 6.61 Å². The summed E-state index contributed by atoms with van der Waals surface area (Å²) in [5.74, 6) is -1.06. The minimum atomic E-state index is -0.539. The van der Waals surface area contributed by atoms with Crippen LogP contribution in [0.15, 0.2) is 36.4 Å². The topological polar surface area (TPSA) is 35.2 Å². The van der Waals surface area contributed by atoms with Crippen LogP contribution in [-0.4, -0.2) is 0 Å². The molecular formula is C13H10ClF2NO. The maximum absolute atomic E-state index is 13.4. The molecule has 0 bridgehead atoms. The summed E-state index contributed by atoms with van der Waals surface area (Å²) in [7, 11) is 0. The number of hydrogen-bond acceptors (Lipinski definition) is 2. The summed E-state index contributed by atoms with van der Waals surface area (Å²) in [4.78, 5) is 0. The van der Waals surface area contributed by atoms with Gasteiger partial charge in [0.1, 0.15) is 12.4 Å². The number of benzene rings is 2. The summed E-state index contributed by atoms with van der Waals surface area (Å²) >= 11 is 5.63. The fourth-order valence-corrected chi connectivity index (χ4v) is 1.67. The van der Waals surface area contributed by atoms with Crippen LogP contribution in [0.3, 0.4) is 0 Å². The van der Waals surface area contributed by atoms with Crippen molar-refractivity contribution in [2.24, 2.45) is 0 Å². The highest BCUT2D eigenvalue weighted by molar-refractivity contribution is 6.30. The van der Waals surface area contributed by atoms with Crippen LogP contribution >= 0.6 is 11.6 Å². The van der Waals surface area contributed by atoms with Gasteiger partial charge in [0.25, 0.3) is 0 Å². The number of hydrogen-bond donors (Lipinski definition) is 1. The summed E-state index contributed by atoms with van der Waals surface area (Å²) in [6.07, 6.45) is 0. The van der Waals surface area contributed by atoms with E-state index in [0.29, 0.717) is 5.56 Å². The molecule has 5 heteroatoms. The molecule has 0 spiro atoms. The van der Waals surface area contributed by atoms with Gasteiger partial charge in [-0.2, -0.15) is 0 Å². The molecule has 2 aromatic carbocycles. The van der Waals surface area contributed by atoms with Crippen LogP contribution in [0, 0.1) is 11.6 Å². The Morgan fingerprint density at radius 1 is 1.11 bits per heavy atom. The minimum Gasteiger partial charge on any atom is -0.484 e. The van der Waals surface area contributed by atoms with Crippen LogP contribution in [-0.2, 0) is 6.61 Å². The van der Waals surface area contributed by atoms with Gasteiger partial charge in [-0.05, 0) is 29.8 Å². The second kappa shape index (κ2) is 5.23. The number of rotatable bonds is 3. The van der Waals surface area contributed by atoms with Crippen molar-refractivity contribution in [1.82, 2.24) is 0 Å². The Kier molecular flexibility index (Phi) is 3.67. The van der Waals surface area contributed by atoms with E-state index in [-0.39, 0.29) is 23.1 Å². The Morgan fingerprint density at radius 2 is 1.89 bits per heavy atom. The van der Waals surface area contributed by atoms with E-state index in [1.807, 2.05) is 0 Å². The van der Waals surface area contributed by atoms with Gasteiger partial charge >= 0.3 is 0 Å². The standard InChI is InChI=1S/C13H10ClF2NO/c14-9-6-8(4-5-10(9)15)7-18-13-11(16)2-1-3-12(13)17/h1-6H,7,17H2. The fraction of sp³-hybridized carbons (Fsp3) is 0.0769. The van der Waals surface area contributed by atoms with E-state index in [4.69, 9.17) is 22.1 Å². The second-order valence-corrected chi connectivity index (χ2v) is 4.10. The lowest BCUT2D eigenvalue weighted by molar-refractivity contribution is 0.292. The first kappa shape index (κ1) is 12.6. The number of nitrogen functional groups attached to an aromatic ring is 1. The van der Waals surface area contributed by atoms with Crippen LogP contribution in [0.5, 0.6) is 5.75 Å². The number of anilines is 1. The van der Waals surface area contributed by atoms with Gasteiger partial charge in [0.15, 0.2) is 11.6 Å². The molecule has 0 aliphatic carbocycles. The van der Waals surface area contributed by atoms with Crippen LogP contribution in [0.25, 0.3) is 0 Å². The van der Waals surface area contributed by atoms with Gasteiger partial charge in [-0.3, -0.25) is 0 Å². The van der Waals surface area contributed by atoms with E-state index in [1.54, 1.807) is 0 Å². The molecule has 94 valence electrons. The van der Waals surface area contributed by atoms with Crippen molar-refractivity contribution in [3.05, 3.63) is 58.6 Å². The predicted octanol–water partition coefficient (Wildman–Crippen LogP) is 3.78. The van der Waals surface area contributed by atoms with Gasteiger partial charge in [-0.15, -0.1) is 0 Å². The van der Waals surface area contributed by atoms with Crippen LogP contribution in [0.4, 0.5) is 14.5 Å². The molecule has 0 amide bonds. The van der Waals surface area contributed by atoms with E-state index < -0.39 is 11.6 Å². The first-order valence-corrected chi connectivity index (χ1v) is 5.56. The maximum atomic E-state index is 13.4. The summed E-state index contributed by atoms with van der Waals surface area (Å²) in [5.41, 5.74) is 6.43. The molecule has 2 N–H and O–H groups in total. The Bertz CT molecular complexity index is 555. The molecule has 0 radical (unpaired) electrons. The Labute approximate surface area is 108 Å². The minimum absolute atomic E-state index is 0.00222. The molecule has 0 heterocycles. The first-order valence-electron chi connectivity index (χ1n) is 5.18. The highest BCUT2D eigenvalue weighted by Gasteiger charge is 2.08. The highest BCUT2D eigenvalue weighted by atomic mass is 35.5. The molecule has 2 aromatic rings. The molecule has 18 heavy (non-hydrogen) atoms. The highest BCUT2D eigenvalue weighted by Crippen LogP contribution is 2.26. The lowest BCUT2D eigenvalue weighted by Crippen LogP contribution is -2.01. The normalized spacial score (nSPS) is 10.4. The molecule has 0 aliphatic heterocycles. The van der Waals surface area contributed by atoms with Crippen molar-refractivity contribution in [2.75, 3.05) is 5.73 Å². The zero-order chi connectivity index (χ0) is 13.1. The molecule has 0 atom stereocenters. The maximum Gasteiger partial charge on any atom is 0.178 e. The van der Waals surface area contributed by atoms with Crippen molar-refractivity contribution in [3.63, 3.8) is 0 Å². The van der Waals surface area contributed by atoms with Crippen molar-refractivity contribution < 1.29 is 13.5 Å². The van der Waals surface area contributed by atoms with E-state index in [1.165, 1.54) is 36.4 Å². The van der Waals surface area contributed by atoms with Crippen molar-refractivity contribution in [1.29, 1.82) is 0 Å². The molecule has 0 aliphatic rings. The van der Waals surface area contributed by atoms with Gasteiger partial charge in [0, 0.05) is 0 Å². The fourth-order valence-electron chi connectivity index (χ4n) is 1.46. The van der Waals surface area contributed by atoms with Crippen molar-refractivity contribution >= 4 is 17.3 Å². The summed E-state index contributed by atoms with van der Waals surface area (Å²) in [6.45, 7) is 0.0606. The quantitative estimate of drug-likeness (QED) is 0.861. The van der Waals surface area contributed by atoms with E-state index in [2.05, 4.69) is 0 Å².